The van der Waals surface area contributed by atoms with Crippen LogP contribution in [0, 0.1) is 0 Å². The number of nitrogens with zero attached hydrogens (tertiary/aromatic N) is 1. The Hall–Kier alpha value is -1.07. The zero-order valence-electron chi connectivity index (χ0n) is 11.2. The molecule has 1 aliphatic heterocycles. The predicted octanol–water partition coefficient (Wildman–Crippen LogP) is 2.25. The van der Waals surface area contributed by atoms with E-state index >= 15 is 0 Å². The number of anilines is 1. The van der Waals surface area contributed by atoms with Crippen molar-refractivity contribution in [2.24, 2.45) is 0 Å². The summed E-state index contributed by atoms with van der Waals surface area (Å²) >= 11 is 3.35. The van der Waals surface area contributed by atoms with E-state index in [4.69, 9.17) is 5.73 Å². The largest absolute Gasteiger partial charge is 0.399 e. The fraction of sp³-hybridized carbons (Fsp3) is 0.500. The molecule has 0 saturated carbocycles. The van der Waals surface area contributed by atoms with E-state index in [2.05, 4.69) is 33.2 Å². The predicted molar refractivity (Wildman–Crippen MR) is 81.2 cm³/mol. The van der Waals surface area contributed by atoms with Gasteiger partial charge in [0.1, 0.15) is 0 Å². The number of rotatable bonds is 3. The number of hydrogen-bond acceptors (Lipinski definition) is 3. The van der Waals surface area contributed by atoms with Crippen molar-refractivity contribution in [3.8, 4) is 0 Å². The number of nitrogen functional groups attached to an aromatic ring is 1. The average molecular weight is 326 g/mol. The molecule has 0 spiro atoms. The van der Waals surface area contributed by atoms with E-state index in [1.165, 1.54) is 12.8 Å². The molecule has 1 atom stereocenters. The molecule has 1 unspecified atom stereocenters. The van der Waals surface area contributed by atoms with Crippen LogP contribution < -0.4 is 11.1 Å². The third-order valence-corrected chi connectivity index (χ3v) is 4.06. The summed E-state index contributed by atoms with van der Waals surface area (Å²) in [6, 6.07) is 5.72. The minimum absolute atomic E-state index is 0.0630. The van der Waals surface area contributed by atoms with Gasteiger partial charge in [-0.05, 0) is 44.6 Å². The van der Waals surface area contributed by atoms with E-state index in [-0.39, 0.29) is 5.91 Å². The molecule has 3 N–H and O–H groups in total. The van der Waals surface area contributed by atoms with Crippen molar-refractivity contribution >= 4 is 27.5 Å². The van der Waals surface area contributed by atoms with Gasteiger partial charge in [-0.25, -0.2) is 0 Å². The van der Waals surface area contributed by atoms with Crippen molar-refractivity contribution < 1.29 is 4.79 Å². The van der Waals surface area contributed by atoms with Crippen LogP contribution in [0.15, 0.2) is 22.7 Å². The molecule has 1 heterocycles. The highest BCUT2D eigenvalue weighted by atomic mass is 79.9. The quantitative estimate of drug-likeness (QED) is 0.838. The summed E-state index contributed by atoms with van der Waals surface area (Å²) in [4.78, 5) is 14.4. The molecule has 0 aromatic heterocycles. The molecule has 1 aromatic rings. The Labute approximate surface area is 122 Å². The number of nitrogens with two attached hydrogens (primary N) is 1. The summed E-state index contributed by atoms with van der Waals surface area (Å²) < 4.78 is 0.826. The van der Waals surface area contributed by atoms with Gasteiger partial charge in [0.2, 0.25) is 0 Å². The molecule has 1 aliphatic rings. The number of halogens is 1. The van der Waals surface area contributed by atoms with Crippen LogP contribution in [-0.2, 0) is 0 Å². The lowest BCUT2D eigenvalue weighted by Gasteiger charge is -2.32. The fourth-order valence-corrected chi connectivity index (χ4v) is 2.97. The van der Waals surface area contributed by atoms with Crippen molar-refractivity contribution in [3.05, 3.63) is 28.2 Å². The monoisotopic (exact) mass is 325 g/mol. The number of nitrogens with one attached hydrogen (secondary N) is 1. The van der Waals surface area contributed by atoms with E-state index in [0.717, 1.165) is 17.4 Å². The SMILES string of the molecule is CN1CCCCC1CNC(=O)c1cc(N)cc(Br)c1. The third kappa shape index (κ3) is 3.94. The van der Waals surface area contributed by atoms with Gasteiger partial charge in [-0.3, -0.25) is 4.79 Å². The van der Waals surface area contributed by atoms with Gasteiger partial charge in [0, 0.05) is 28.3 Å². The van der Waals surface area contributed by atoms with E-state index < -0.39 is 0 Å². The molecule has 19 heavy (non-hydrogen) atoms. The highest BCUT2D eigenvalue weighted by Crippen LogP contribution is 2.18. The summed E-state index contributed by atoms with van der Waals surface area (Å²) in [5, 5.41) is 3.00. The molecule has 4 nitrogen and oxygen atoms in total. The second kappa shape index (κ2) is 6.39. The van der Waals surface area contributed by atoms with Gasteiger partial charge in [0.05, 0.1) is 0 Å². The normalized spacial score (nSPS) is 20.2. The van der Waals surface area contributed by atoms with Crippen LogP contribution in [0.25, 0.3) is 0 Å². The van der Waals surface area contributed by atoms with Crippen LogP contribution in [-0.4, -0.2) is 37.0 Å². The minimum atomic E-state index is -0.0630. The molecule has 1 amide bonds. The summed E-state index contributed by atoms with van der Waals surface area (Å²) in [6.45, 7) is 1.81. The average Bonchev–Trinajstić information content (AvgIpc) is 2.36. The summed E-state index contributed by atoms with van der Waals surface area (Å²) in [7, 11) is 2.12. The third-order valence-electron chi connectivity index (χ3n) is 3.60. The summed E-state index contributed by atoms with van der Waals surface area (Å²) in [6.07, 6.45) is 3.65. The maximum atomic E-state index is 12.1. The van der Waals surface area contributed by atoms with Gasteiger partial charge >= 0.3 is 0 Å². The van der Waals surface area contributed by atoms with E-state index in [1.54, 1.807) is 18.2 Å². The molecule has 1 fully saturated rings. The maximum Gasteiger partial charge on any atom is 0.251 e. The number of carbonyl (C=O) groups excluding carboxylic acids is 1. The van der Waals surface area contributed by atoms with Crippen LogP contribution in [0.2, 0.25) is 0 Å². The van der Waals surface area contributed by atoms with Gasteiger partial charge in [0.15, 0.2) is 0 Å². The van der Waals surface area contributed by atoms with Gasteiger partial charge < -0.3 is 16.0 Å². The maximum absolute atomic E-state index is 12.1. The number of likely N-dealkylation sites (tertiary alicyclic amines) is 1. The first-order valence-electron chi connectivity index (χ1n) is 6.61. The van der Waals surface area contributed by atoms with Gasteiger partial charge in [-0.2, -0.15) is 0 Å². The fourth-order valence-electron chi connectivity index (χ4n) is 2.46. The topological polar surface area (TPSA) is 58.4 Å². The molecule has 104 valence electrons. The van der Waals surface area contributed by atoms with E-state index in [1.807, 2.05) is 0 Å². The van der Waals surface area contributed by atoms with Crippen LogP contribution in [0.1, 0.15) is 29.6 Å². The number of likely N-dealkylation sites (N-methyl/N-ethyl adjacent to an activating group) is 1. The van der Waals surface area contributed by atoms with Crippen molar-refractivity contribution in [1.82, 2.24) is 10.2 Å². The molecule has 2 rings (SSSR count). The molecule has 5 heteroatoms. The first-order valence-corrected chi connectivity index (χ1v) is 7.40. The van der Waals surface area contributed by atoms with Gasteiger partial charge in [0.25, 0.3) is 5.91 Å². The number of piperidine rings is 1. The Morgan fingerprint density at radius 1 is 1.47 bits per heavy atom. The van der Waals surface area contributed by atoms with Crippen LogP contribution >= 0.6 is 15.9 Å². The number of benzene rings is 1. The van der Waals surface area contributed by atoms with Crippen LogP contribution in [0.5, 0.6) is 0 Å². The highest BCUT2D eigenvalue weighted by molar-refractivity contribution is 9.10. The second-order valence-corrected chi connectivity index (χ2v) is 6.03. The lowest BCUT2D eigenvalue weighted by molar-refractivity contribution is 0.0928. The molecule has 0 bridgehead atoms. The van der Waals surface area contributed by atoms with Crippen molar-refractivity contribution in [2.75, 3.05) is 25.9 Å². The van der Waals surface area contributed by atoms with E-state index in [9.17, 15) is 4.79 Å². The van der Waals surface area contributed by atoms with Crippen LogP contribution in [0.4, 0.5) is 5.69 Å². The lowest BCUT2D eigenvalue weighted by atomic mass is 10.0. The summed E-state index contributed by atoms with van der Waals surface area (Å²) in [5.74, 6) is -0.0630. The Kier molecular flexibility index (Phi) is 4.82. The number of carbonyl (C=O) groups is 1. The Balaban J connectivity index is 1.93. The Morgan fingerprint density at radius 2 is 2.26 bits per heavy atom. The Morgan fingerprint density at radius 3 is 2.95 bits per heavy atom. The van der Waals surface area contributed by atoms with Gasteiger partial charge in [-0.15, -0.1) is 0 Å². The van der Waals surface area contributed by atoms with E-state index in [0.29, 0.717) is 23.8 Å². The zero-order valence-corrected chi connectivity index (χ0v) is 12.7. The molecule has 1 saturated heterocycles. The first kappa shape index (κ1) is 14.3. The standard InChI is InChI=1S/C14H20BrN3O/c1-18-5-3-2-4-13(18)9-17-14(19)10-6-11(15)8-12(16)7-10/h6-8,13H,2-5,9,16H2,1H3,(H,17,19). The summed E-state index contributed by atoms with van der Waals surface area (Å²) in [5.41, 5.74) is 6.93. The van der Waals surface area contributed by atoms with Gasteiger partial charge in [-0.1, -0.05) is 22.4 Å². The first-order chi connectivity index (χ1) is 9.06. The number of amides is 1. The van der Waals surface area contributed by atoms with Crippen molar-refractivity contribution in [1.29, 1.82) is 0 Å². The molecule has 1 aromatic carbocycles. The van der Waals surface area contributed by atoms with Crippen LogP contribution in [0.3, 0.4) is 0 Å². The molecule has 0 aliphatic carbocycles. The van der Waals surface area contributed by atoms with Crippen molar-refractivity contribution in [2.45, 2.75) is 25.3 Å². The van der Waals surface area contributed by atoms with Crippen molar-refractivity contribution in [3.63, 3.8) is 0 Å². The molecular weight excluding hydrogens is 306 g/mol. The minimum Gasteiger partial charge on any atom is -0.399 e. The smallest absolute Gasteiger partial charge is 0.251 e. The zero-order chi connectivity index (χ0) is 13.8. The molecule has 0 radical (unpaired) electrons. The Bertz CT molecular complexity index is 444. The highest BCUT2D eigenvalue weighted by Gasteiger charge is 2.19. The second-order valence-electron chi connectivity index (χ2n) is 5.11. The molecular formula is C14H20BrN3O. The number of hydrogen-bond donors (Lipinski definition) is 2. The lowest BCUT2D eigenvalue weighted by Crippen LogP contribution is -2.44.